The minimum Gasteiger partial charge on any atom is -0.360 e. The molecule has 1 saturated heterocycles. The zero-order chi connectivity index (χ0) is 17.1. The number of non-ortho nitro benzene ring substituents is 1. The Morgan fingerprint density at radius 3 is 2.17 bits per heavy atom. The number of rotatable bonds is 4. The summed E-state index contributed by atoms with van der Waals surface area (Å²) in [6.07, 6.45) is 0. The van der Waals surface area contributed by atoms with Gasteiger partial charge in [-0.15, -0.1) is 0 Å². The predicted octanol–water partition coefficient (Wildman–Crippen LogP) is 2.81. The van der Waals surface area contributed by atoms with Crippen molar-refractivity contribution < 1.29 is 9.82 Å². The fourth-order valence-corrected chi connectivity index (χ4v) is 3.53. The quantitative estimate of drug-likeness (QED) is 0.668. The maximum Gasteiger partial charge on any atom is 0.269 e. The topological polar surface area (TPSA) is 50.8 Å². The highest BCUT2D eigenvalue weighted by Gasteiger charge is 2.22. The second-order valence-corrected chi connectivity index (χ2v) is 6.70. The normalized spacial score (nSPS) is 15.5. The molecule has 7 heteroatoms. The Bertz CT molecular complexity index is 709. The van der Waals surface area contributed by atoms with Crippen LogP contribution in [-0.2, 0) is 6.54 Å². The lowest BCUT2D eigenvalue weighted by atomic mass is 10.2. The molecule has 0 amide bonds. The fourth-order valence-electron chi connectivity index (χ4n) is 2.99. The Morgan fingerprint density at radius 2 is 1.62 bits per heavy atom. The monoisotopic (exact) mass is 366 g/mol. The van der Waals surface area contributed by atoms with E-state index in [4.69, 9.17) is 23.2 Å². The summed E-state index contributed by atoms with van der Waals surface area (Å²) in [7, 11) is 0. The summed E-state index contributed by atoms with van der Waals surface area (Å²) in [5.41, 5.74) is 2.14. The van der Waals surface area contributed by atoms with E-state index in [9.17, 15) is 10.1 Å². The molecule has 24 heavy (non-hydrogen) atoms. The Hall–Kier alpha value is -1.82. The summed E-state index contributed by atoms with van der Waals surface area (Å²) < 4.78 is 0. The van der Waals surface area contributed by atoms with E-state index in [2.05, 4.69) is 4.90 Å². The molecule has 0 bridgehead atoms. The SMILES string of the molecule is O=[N+]([O-])c1ccc(N2CC[NH+](Cc3c(Cl)cccc3Cl)CC2)cc1. The Balaban J connectivity index is 1.60. The number of nitrogens with zero attached hydrogens (tertiary/aromatic N) is 2. The molecule has 126 valence electrons. The molecule has 2 aromatic rings. The average molecular weight is 367 g/mol. The molecule has 1 aliphatic rings. The van der Waals surface area contributed by atoms with Crippen molar-refractivity contribution in [3.05, 3.63) is 68.2 Å². The van der Waals surface area contributed by atoms with Gasteiger partial charge in [-0.2, -0.15) is 0 Å². The van der Waals surface area contributed by atoms with E-state index in [1.165, 1.54) is 4.90 Å². The van der Waals surface area contributed by atoms with Gasteiger partial charge >= 0.3 is 0 Å². The van der Waals surface area contributed by atoms with E-state index in [1.54, 1.807) is 12.1 Å². The first-order chi connectivity index (χ1) is 11.5. The molecular weight excluding hydrogens is 349 g/mol. The van der Waals surface area contributed by atoms with Crippen molar-refractivity contribution in [3.63, 3.8) is 0 Å². The summed E-state index contributed by atoms with van der Waals surface area (Å²) in [4.78, 5) is 14.0. The lowest BCUT2D eigenvalue weighted by Gasteiger charge is -2.33. The molecule has 1 fully saturated rings. The molecule has 0 aliphatic carbocycles. The van der Waals surface area contributed by atoms with Crippen LogP contribution in [0.3, 0.4) is 0 Å². The van der Waals surface area contributed by atoms with Crippen LogP contribution in [0.25, 0.3) is 0 Å². The maximum atomic E-state index is 10.7. The average Bonchev–Trinajstić information content (AvgIpc) is 2.59. The van der Waals surface area contributed by atoms with Gasteiger partial charge in [0, 0.05) is 23.4 Å². The second kappa shape index (κ2) is 7.38. The van der Waals surface area contributed by atoms with Crippen LogP contribution in [0.4, 0.5) is 11.4 Å². The van der Waals surface area contributed by atoms with E-state index in [0.29, 0.717) is 10.0 Å². The van der Waals surface area contributed by atoms with Crippen LogP contribution in [0.1, 0.15) is 5.56 Å². The number of piperazine rings is 1. The predicted molar refractivity (Wildman–Crippen MR) is 96.2 cm³/mol. The molecule has 3 rings (SSSR count). The molecule has 1 aliphatic heterocycles. The van der Waals surface area contributed by atoms with Crippen molar-refractivity contribution in [1.29, 1.82) is 0 Å². The van der Waals surface area contributed by atoms with Gasteiger partial charge in [-0.3, -0.25) is 10.1 Å². The highest BCUT2D eigenvalue weighted by molar-refractivity contribution is 6.35. The highest BCUT2D eigenvalue weighted by Crippen LogP contribution is 2.23. The minimum absolute atomic E-state index is 0.122. The van der Waals surface area contributed by atoms with Gasteiger partial charge in [0.15, 0.2) is 0 Å². The number of quaternary nitrogens is 1. The smallest absolute Gasteiger partial charge is 0.269 e. The van der Waals surface area contributed by atoms with Gasteiger partial charge in [0.1, 0.15) is 6.54 Å². The van der Waals surface area contributed by atoms with Crippen molar-refractivity contribution in [2.45, 2.75) is 6.54 Å². The molecule has 0 spiro atoms. The van der Waals surface area contributed by atoms with E-state index in [0.717, 1.165) is 44.0 Å². The zero-order valence-electron chi connectivity index (χ0n) is 13.0. The molecule has 1 heterocycles. The second-order valence-electron chi connectivity index (χ2n) is 5.89. The molecule has 0 aromatic heterocycles. The lowest BCUT2D eigenvalue weighted by molar-refractivity contribution is -0.914. The van der Waals surface area contributed by atoms with Gasteiger partial charge in [0.05, 0.1) is 41.1 Å². The van der Waals surface area contributed by atoms with Crippen LogP contribution in [-0.4, -0.2) is 31.1 Å². The summed E-state index contributed by atoms with van der Waals surface area (Å²) in [5.74, 6) is 0. The van der Waals surface area contributed by atoms with Crippen molar-refractivity contribution in [1.82, 2.24) is 0 Å². The molecule has 0 radical (unpaired) electrons. The summed E-state index contributed by atoms with van der Waals surface area (Å²) >= 11 is 12.5. The van der Waals surface area contributed by atoms with Crippen LogP contribution in [0.15, 0.2) is 42.5 Å². The van der Waals surface area contributed by atoms with Crippen molar-refractivity contribution in [2.75, 3.05) is 31.1 Å². The third kappa shape index (κ3) is 3.80. The highest BCUT2D eigenvalue weighted by atomic mass is 35.5. The zero-order valence-corrected chi connectivity index (χ0v) is 14.6. The molecule has 0 atom stereocenters. The first-order valence-corrected chi connectivity index (χ1v) is 8.56. The molecule has 0 unspecified atom stereocenters. The fraction of sp³-hybridized carbons (Fsp3) is 0.294. The first kappa shape index (κ1) is 17.0. The third-order valence-electron chi connectivity index (χ3n) is 4.38. The van der Waals surface area contributed by atoms with E-state index >= 15 is 0 Å². The van der Waals surface area contributed by atoms with Crippen molar-refractivity contribution >= 4 is 34.6 Å². The van der Waals surface area contributed by atoms with E-state index < -0.39 is 0 Å². The molecule has 2 aromatic carbocycles. The Labute approximate surface area is 150 Å². The van der Waals surface area contributed by atoms with E-state index in [-0.39, 0.29) is 10.6 Å². The number of nitro benzene ring substituents is 1. The van der Waals surface area contributed by atoms with Gasteiger partial charge < -0.3 is 9.80 Å². The van der Waals surface area contributed by atoms with Gasteiger partial charge in [-0.25, -0.2) is 0 Å². The van der Waals surface area contributed by atoms with E-state index in [1.807, 2.05) is 30.3 Å². The minimum atomic E-state index is -0.376. The van der Waals surface area contributed by atoms with Gasteiger partial charge in [-0.1, -0.05) is 29.3 Å². The van der Waals surface area contributed by atoms with Gasteiger partial charge in [-0.05, 0) is 24.3 Å². The summed E-state index contributed by atoms with van der Waals surface area (Å²) in [6.45, 7) is 4.55. The van der Waals surface area contributed by atoms with Gasteiger partial charge in [0.25, 0.3) is 5.69 Å². The number of hydrogen-bond acceptors (Lipinski definition) is 3. The largest absolute Gasteiger partial charge is 0.360 e. The lowest BCUT2D eigenvalue weighted by Crippen LogP contribution is -3.13. The van der Waals surface area contributed by atoms with Crippen LogP contribution in [0.5, 0.6) is 0 Å². The first-order valence-electron chi connectivity index (χ1n) is 7.80. The number of nitrogens with one attached hydrogen (secondary N) is 1. The maximum absolute atomic E-state index is 10.7. The standard InChI is InChI=1S/C17H17Cl2N3O2/c18-16-2-1-3-17(19)15(16)12-20-8-10-21(11-9-20)13-4-6-14(7-5-13)22(23)24/h1-7H,8-12H2/p+1. The van der Waals surface area contributed by atoms with Crippen LogP contribution in [0, 0.1) is 10.1 Å². The molecule has 1 N–H and O–H groups in total. The Kier molecular flexibility index (Phi) is 5.23. The number of nitro groups is 1. The van der Waals surface area contributed by atoms with Gasteiger partial charge in [0.2, 0.25) is 0 Å². The summed E-state index contributed by atoms with van der Waals surface area (Å²) in [5, 5.41) is 12.2. The molecular formula is C17H18Cl2N3O2+. The molecule has 0 saturated carbocycles. The van der Waals surface area contributed by atoms with Crippen LogP contribution in [0.2, 0.25) is 10.0 Å². The third-order valence-corrected chi connectivity index (χ3v) is 5.09. The van der Waals surface area contributed by atoms with Crippen LogP contribution < -0.4 is 9.80 Å². The summed E-state index contributed by atoms with van der Waals surface area (Å²) in [6, 6.07) is 12.3. The van der Waals surface area contributed by atoms with Crippen molar-refractivity contribution in [2.24, 2.45) is 0 Å². The number of hydrogen-bond donors (Lipinski definition) is 1. The number of anilines is 1. The molecule has 5 nitrogen and oxygen atoms in total. The van der Waals surface area contributed by atoms with Crippen molar-refractivity contribution in [3.8, 4) is 0 Å². The number of halogens is 2. The number of benzene rings is 2. The Morgan fingerprint density at radius 1 is 1.04 bits per heavy atom. The van der Waals surface area contributed by atoms with Crippen LogP contribution >= 0.6 is 23.2 Å².